The molecule has 4 heteroatoms. The predicted molar refractivity (Wildman–Crippen MR) is 67.2 cm³/mol. The van der Waals surface area contributed by atoms with Crippen molar-refractivity contribution in [3.05, 3.63) is 24.3 Å². The molecular weight excluding hydrogens is 218 g/mol. The first-order valence-corrected chi connectivity index (χ1v) is 5.70. The predicted octanol–water partition coefficient (Wildman–Crippen LogP) is 2.18. The zero-order valence-corrected chi connectivity index (χ0v) is 10.5. The maximum atomic E-state index is 11.5. The minimum absolute atomic E-state index is 0.431. The van der Waals surface area contributed by atoms with Gasteiger partial charge in [0.05, 0.1) is 6.61 Å². The van der Waals surface area contributed by atoms with E-state index in [2.05, 4.69) is 5.32 Å². The molecule has 0 unspecified atom stereocenters. The lowest BCUT2D eigenvalue weighted by molar-refractivity contribution is -0.130. The fourth-order valence-corrected chi connectivity index (χ4v) is 1.14. The number of amides is 1. The largest absolute Gasteiger partial charge is 0.494 e. The molecule has 0 bridgehead atoms. The Balaban J connectivity index is 2.59. The Labute approximate surface area is 102 Å². The van der Waals surface area contributed by atoms with Gasteiger partial charge < -0.3 is 15.2 Å². The number of hydrogen-bond acceptors (Lipinski definition) is 3. The molecule has 0 aliphatic carbocycles. The van der Waals surface area contributed by atoms with E-state index in [1.165, 1.54) is 13.8 Å². The van der Waals surface area contributed by atoms with E-state index >= 15 is 0 Å². The highest BCUT2D eigenvalue weighted by atomic mass is 16.5. The van der Waals surface area contributed by atoms with Crippen molar-refractivity contribution in [3.63, 3.8) is 0 Å². The summed E-state index contributed by atoms with van der Waals surface area (Å²) < 4.78 is 5.42. The highest BCUT2D eigenvalue weighted by molar-refractivity contribution is 5.96. The van der Waals surface area contributed by atoms with Crippen LogP contribution in [0.5, 0.6) is 5.75 Å². The van der Waals surface area contributed by atoms with Gasteiger partial charge in [-0.15, -0.1) is 0 Å². The molecule has 1 rings (SSSR count). The van der Waals surface area contributed by atoms with Crippen molar-refractivity contribution in [2.45, 2.75) is 32.8 Å². The fraction of sp³-hybridized carbons (Fsp3) is 0.462. The molecule has 0 saturated heterocycles. The van der Waals surface area contributed by atoms with Gasteiger partial charge in [-0.25, -0.2) is 0 Å². The second-order valence-corrected chi connectivity index (χ2v) is 4.39. The van der Waals surface area contributed by atoms with Gasteiger partial charge >= 0.3 is 0 Å². The van der Waals surface area contributed by atoms with Crippen LogP contribution in [0.3, 0.4) is 0 Å². The molecule has 4 nitrogen and oxygen atoms in total. The summed E-state index contributed by atoms with van der Waals surface area (Å²) in [7, 11) is 0. The molecule has 0 radical (unpaired) electrons. The maximum Gasteiger partial charge on any atom is 0.255 e. The van der Waals surface area contributed by atoms with Gasteiger partial charge in [-0.1, -0.05) is 6.92 Å². The number of aliphatic hydroxyl groups is 1. The average molecular weight is 237 g/mol. The molecule has 0 atom stereocenters. The Morgan fingerprint density at radius 1 is 1.35 bits per heavy atom. The normalized spacial score (nSPS) is 11.1. The molecule has 0 aliphatic heterocycles. The van der Waals surface area contributed by atoms with Gasteiger partial charge in [-0.2, -0.15) is 0 Å². The van der Waals surface area contributed by atoms with Crippen LogP contribution in [0.1, 0.15) is 27.2 Å². The van der Waals surface area contributed by atoms with Crippen molar-refractivity contribution in [3.8, 4) is 5.75 Å². The van der Waals surface area contributed by atoms with Crippen LogP contribution in [0, 0.1) is 0 Å². The molecule has 17 heavy (non-hydrogen) atoms. The van der Waals surface area contributed by atoms with Gasteiger partial charge in [0.15, 0.2) is 0 Å². The number of rotatable bonds is 5. The Morgan fingerprint density at radius 3 is 2.41 bits per heavy atom. The Hall–Kier alpha value is -1.55. The van der Waals surface area contributed by atoms with Crippen LogP contribution in [0.25, 0.3) is 0 Å². The smallest absolute Gasteiger partial charge is 0.255 e. The van der Waals surface area contributed by atoms with Crippen LogP contribution in [-0.4, -0.2) is 23.2 Å². The summed E-state index contributed by atoms with van der Waals surface area (Å²) >= 11 is 0. The quantitative estimate of drug-likeness (QED) is 0.825. The summed E-state index contributed by atoms with van der Waals surface area (Å²) in [6.07, 6.45) is 0.956. The van der Waals surface area contributed by atoms with E-state index < -0.39 is 11.5 Å². The van der Waals surface area contributed by atoms with Gasteiger partial charge in [0.25, 0.3) is 5.91 Å². The highest BCUT2D eigenvalue weighted by Gasteiger charge is 2.23. The zero-order valence-electron chi connectivity index (χ0n) is 10.5. The molecule has 94 valence electrons. The summed E-state index contributed by atoms with van der Waals surface area (Å²) in [5.74, 6) is 0.341. The third kappa shape index (κ3) is 4.44. The second kappa shape index (κ2) is 5.68. The Kier molecular flexibility index (Phi) is 4.52. The molecule has 2 N–H and O–H groups in total. The molecule has 0 heterocycles. The highest BCUT2D eigenvalue weighted by Crippen LogP contribution is 2.17. The number of benzene rings is 1. The van der Waals surface area contributed by atoms with E-state index in [0.29, 0.717) is 12.3 Å². The second-order valence-electron chi connectivity index (χ2n) is 4.39. The van der Waals surface area contributed by atoms with Gasteiger partial charge in [0.2, 0.25) is 0 Å². The van der Waals surface area contributed by atoms with Crippen LogP contribution in [0.4, 0.5) is 5.69 Å². The maximum absolute atomic E-state index is 11.5. The molecule has 0 saturated carbocycles. The summed E-state index contributed by atoms with van der Waals surface area (Å²) in [6.45, 7) is 5.61. The number of carbonyl (C=O) groups excluding carboxylic acids is 1. The third-order valence-electron chi connectivity index (χ3n) is 2.14. The number of nitrogens with one attached hydrogen (secondary N) is 1. The number of ether oxygens (including phenoxy) is 1. The van der Waals surface area contributed by atoms with Gasteiger partial charge in [-0.05, 0) is 44.5 Å². The van der Waals surface area contributed by atoms with Crippen molar-refractivity contribution < 1.29 is 14.6 Å². The molecule has 1 aromatic carbocycles. The first-order chi connectivity index (χ1) is 7.93. The molecule has 0 aliphatic rings. The summed E-state index contributed by atoms with van der Waals surface area (Å²) in [4.78, 5) is 11.5. The third-order valence-corrected chi connectivity index (χ3v) is 2.14. The van der Waals surface area contributed by atoms with Crippen LogP contribution in [-0.2, 0) is 4.79 Å². The molecular formula is C13H19NO3. The minimum Gasteiger partial charge on any atom is -0.494 e. The lowest BCUT2D eigenvalue weighted by Gasteiger charge is -2.16. The van der Waals surface area contributed by atoms with Gasteiger partial charge in [-0.3, -0.25) is 4.79 Å². The molecule has 0 spiro atoms. The van der Waals surface area contributed by atoms with Gasteiger partial charge in [0.1, 0.15) is 11.4 Å². The fourth-order valence-electron chi connectivity index (χ4n) is 1.14. The van der Waals surface area contributed by atoms with Crippen molar-refractivity contribution >= 4 is 11.6 Å². The SMILES string of the molecule is CCCOc1ccc(NC(=O)C(C)(C)O)cc1. The minimum atomic E-state index is -1.38. The van der Waals surface area contributed by atoms with E-state index in [-0.39, 0.29) is 0 Å². The monoisotopic (exact) mass is 237 g/mol. The number of carbonyl (C=O) groups is 1. The summed E-state index contributed by atoms with van der Waals surface area (Å²) in [6, 6.07) is 7.06. The molecule has 1 aromatic rings. The van der Waals surface area contributed by atoms with E-state index in [0.717, 1.165) is 12.2 Å². The van der Waals surface area contributed by atoms with Gasteiger partial charge in [0, 0.05) is 5.69 Å². The average Bonchev–Trinajstić information content (AvgIpc) is 2.27. The van der Waals surface area contributed by atoms with E-state index in [4.69, 9.17) is 4.74 Å². The van der Waals surface area contributed by atoms with E-state index in [1.54, 1.807) is 24.3 Å². The van der Waals surface area contributed by atoms with Crippen molar-refractivity contribution in [2.24, 2.45) is 0 Å². The van der Waals surface area contributed by atoms with Crippen LogP contribution >= 0.6 is 0 Å². The summed E-state index contributed by atoms with van der Waals surface area (Å²) in [5, 5.41) is 12.1. The lowest BCUT2D eigenvalue weighted by Crippen LogP contribution is -2.36. The Bertz CT molecular complexity index is 365. The van der Waals surface area contributed by atoms with Crippen LogP contribution in [0.15, 0.2) is 24.3 Å². The first kappa shape index (κ1) is 13.5. The number of hydrogen-bond donors (Lipinski definition) is 2. The Morgan fingerprint density at radius 2 is 1.94 bits per heavy atom. The van der Waals surface area contributed by atoms with Crippen molar-refractivity contribution in [2.75, 3.05) is 11.9 Å². The van der Waals surface area contributed by atoms with E-state index in [1.807, 2.05) is 6.92 Å². The van der Waals surface area contributed by atoms with Crippen molar-refractivity contribution in [1.29, 1.82) is 0 Å². The number of anilines is 1. The molecule has 0 aromatic heterocycles. The van der Waals surface area contributed by atoms with Crippen molar-refractivity contribution in [1.82, 2.24) is 0 Å². The van der Waals surface area contributed by atoms with Crippen LogP contribution < -0.4 is 10.1 Å². The topological polar surface area (TPSA) is 58.6 Å². The molecule has 1 amide bonds. The first-order valence-electron chi connectivity index (χ1n) is 5.70. The van der Waals surface area contributed by atoms with E-state index in [9.17, 15) is 9.90 Å². The standard InChI is InChI=1S/C13H19NO3/c1-4-9-17-11-7-5-10(6-8-11)14-12(15)13(2,3)16/h5-8,16H,4,9H2,1-3H3,(H,14,15). The van der Waals surface area contributed by atoms with Crippen LogP contribution in [0.2, 0.25) is 0 Å². The zero-order chi connectivity index (χ0) is 12.9. The molecule has 0 fully saturated rings. The summed E-state index contributed by atoms with van der Waals surface area (Å²) in [5.41, 5.74) is -0.738. The lowest BCUT2D eigenvalue weighted by atomic mass is 10.1.